The molecule has 106 valence electrons. The Morgan fingerprint density at radius 3 is 2.80 bits per heavy atom. The zero-order valence-corrected chi connectivity index (χ0v) is 11.9. The molecule has 4 nitrogen and oxygen atoms in total. The van der Waals surface area contributed by atoms with E-state index in [-0.39, 0.29) is 11.9 Å². The van der Waals surface area contributed by atoms with Crippen molar-refractivity contribution in [2.24, 2.45) is 0 Å². The van der Waals surface area contributed by atoms with Crippen LogP contribution >= 0.6 is 0 Å². The number of benzene rings is 1. The summed E-state index contributed by atoms with van der Waals surface area (Å²) in [5.41, 5.74) is 4.80. The third-order valence-electron chi connectivity index (χ3n) is 5.07. The zero-order chi connectivity index (χ0) is 13.7. The van der Waals surface area contributed by atoms with Gasteiger partial charge < -0.3 is 15.5 Å². The summed E-state index contributed by atoms with van der Waals surface area (Å²) in [5.74, 6) is 0.735. The quantitative estimate of drug-likeness (QED) is 0.822. The van der Waals surface area contributed by atoms with Crippen molar-refractivity contribution in [2.45, 2.75) is 31.2 Å². The standard InChI is InChI=1S/C16H21N3O/c1-19-8-5-10(6-9-19)11-2-3-12-14-13(18-16(12)20)4-7-17-15(11)14/h2-3,10,13,17H,4-9H2,1H3,(H,18,20). The van der Waals surface area contributed by atoms with Crippen LogP contribution in [0.25, 0.3) is 0 Å². The van der Waals surface area contributed by atoms with E-state index in [1.54, 1.807) is 0 Å². The Bertz CT molecular complexity index is 561. The van der Waals surface area contributed by atoms with Gasteiger partial charge in [0.25, 0.3) is 5.91 Å². The molecule has 3 aliphatic rings. The smallest absolute Gasteiger partial charge is 0.252 e. The number of carbonyl (C=O) groups excluding carboxylic acids is 1. The molecule has 0 spiro atoms. The van der Waals surface area contributed by atoms with E-state index in [0.717, 1.165) is 18.5 Å². The van der Waals surface area contributed by atoms with Crippen molar-refractivity contribution in [1.82, 2.24) is 10.2 Å². The number of piperidine rings is 1. The fourth-order valence-electron chi connectivity index (χ4n) is 3.92. The normalized spacial score (nSPS) is 26.1. The minimum Gasteiger partial charge on any atom is -0.384 e. The second kappa shape index (κ2) is 4.48. The maximum absolute atomic E-state index is 12.0. The molecule has 1 unspecified atom stereocenters. The van der Waals surface area contributed by atoms with Gasteiger partial charge in [0.2, 0.25) is 0 Å². The van der Waals surface area contributed by atoms with Crippen LogP contribution < -0.4 is 10.6 Å². The topological polar surface area (TPSA) is 44.4 Å². The summed E-state index contributed by atoms with van der Waals surface area (Å²) >= 11 is 0. The largest absolute Gasteiger partial charge is 0.384 e. The summed E-state index contributed by atoms with van der Waals surface area (Å²) in [6.07, 6.45) is 3.44. The fraction of sp³-hybridized carbons (Fsp3) is 0.562. The molecule has 0 radical (unpaired) electrons. The highest BCUT2D eigenvalue weighted by molar-refractivity contribution is 6.01. The summed E-state index contributed by atoms with van der Waals surface area (Å²) < 4.78 is 0. The first-order chi connectivity index (χ1) is 9.74. The molecular weight excluding hydrogens is 250 g/mol. The molecule has 1 aromatic carbocycles. The number of nitrogens with zero attached hydrogens (tertiary/aromatic N) is 1. The molecule has 0 bridgehead atoms. The Kier molecular flexibility index (Phi) is 2.74. The summed E-state index contributed by atoms with van der Waals surface area (Å²) in [6.45, 7) is 3.30. The highest BCUT2D eigenvalue weighted by atomic mass is 16.2. The van der Waals surface area contributed by atoms with Crippen LogP contribution in [-0.2, 0) is 0 Å². The van der Waals surface area contributed by atoms with E-state index in [1.807, 2.05) is 6.07 Å². The van der Waals surface area contributed by atoms with E-state index >= 15 is 0 Å². The third-order valence-corrected chi connectivity index (χ3v) is 5.07. The van der Waals surface area contributed by atoms with E-state index in [1.165, 1.54) is 42.7 Å². The molecule has 0 aromatic heterocycles. The van der Waals surface area contributed by atoms with Crippen molar-refractivity contribution < 1.29 is 4.79 Å². The maximum atomic E-state index is 12.0. The van der Waals surface area contributed by atoms with Gasteiger partial charge in [0.1, 0.15) is 0 Å². The van der Waals surface area contributed by atoms with E-state index in [9.17, 15) is 4.79 Å². The molecule has 20 heavy (non-hydrogen) atoms. The number of carbonyl (C=O) groups is 1. The lowest BCUT2D eigenvalue weighted by Crippen LogP contribution is -2.30. The molecule has 3 aliphatic heterocycles. The molecule has 4 rings (SSSR count). The Morgan fingerprint density at radius 2 is 2.00 bits per heavy atom. The second-order valence-electron chi connectivity index (χ2n) is 6.31. The number of likely N-dealkylation sites (tertiary alicyclic amines) is 1. The summed E-state index contributed by atoms with van der Waals surface area (Å²) in [7, 11) is 2.19. The van der Waals surface area contributed by atoms with E-state index in [4.69, 9.17) is 0 Å². The van der Waals surface area contributed by atoms with Gasteiger partial charge in [-0.25, -0.2) is 0 Å². The van der Waals surface area contributed by atoms with Crippen LogP contribution in [0.2, 0.25) is 0 Å². The Labute approximate surface area is 119 Å². The SMILES string of the molecule is CN1CCC(c2ccc3c4c2NCCC4NC3=O)CC1. The van der Waals surface area contributed by atoms with Crippen molar-refractivity contribution in [3.63, 3.8) is 0 Å². The van der Waals surface area contributed by atoms with Gasteiger partial charge in [-0.05, 0) is 56.9 Å². The number of nitrogens with one attached hydrogen (secondary N) is 2. The summed E-state index contributed by atoms with van der Waals surface area (Å²) in [5, 5.41) is 6.68. The monoisotopic (exact) mass is 271 g/mol. The summed E-state index contributed by atoms with van der Waals surface area (Å²) in [4.78, 5) is 14.4. The van der Waals surface area contributed by atoms with Gasteiger partial charge in [0, 0.05) is 23.4 Å². The predicted octanol–water partition coefficient (Wildman–Crippen LogP) is 2.10. The van der Waals surface area contributed by atoms with Crippen LogP contribution in [0.15, 0.2) is 12.1 Å². The molecule has 1 atom stereocenters. The molecule has 1 saturated heterocycles. The average molecular weight is 271 g/mol. The molecule has 4 heteroatoms. The fourth-order valence-corrected chi connectivity index (χ4v) is 3.92. The van der Waals surface area contributed by atoms with Gasteiger partial charge >= 0.3 is 0 Å². The van der Waals surface area contributed by atoms with Crippen LogP contribution in [0.1, 0.15) is 52.7 Å². The first-order valence-corrected chi connectivity index (χ1v) is 7.64. The molecular formula is C16H21N3O. The highest BCUT2D eigenvalue weighted by Crippen LogP contribution is 2.43. The number of amides is 1. The number of hydrogen-bond donors (Lipinski definition) is 2. The zero-order valence-electron chi connectivity index (χ0n) is 11.9. The molecule has 1 amide bonds. The number of rotatable bonds is 1. The van der Waals surface area contributed by atoms with Crippen molar-refractivity contribution in [2.75, 3.05) is 32.0 Å². The lowest BCUT2D eigenvalue weighted by atomic mass is 9.84. The number of anilines is 1. The van der Waals surface area contributed by atoms with Gasteiger partial charge in [-0.2, -0.15) is 0 Å². The molecule has 1 fully saturated rings. The van der Waals surface area contributed by atoms with Crippen LogP contribution in [0, 0.1) is 0 Å². The van der Waals surface area contributed by atoms with Crippen molar-refractivity contribution in [1.29, 1.82) is 0 Å². The van der Waals surface area contributed by atoms with Crippen molar-refractivity contribution in [3.05, 3.63) is 28.8 Å². The lowest BCUT2D eigenvalue weighted by molar-refractivity contribution is 0.0955. The predicted molar refractivity (Wildman–Crippen MR) is 79.2 cm³/mol. The van der Waals surface area contributed by atoms with Gasteiger partial charge in [-0.3, -0.25) is 4.79 Å². The first kappa shape index (κ1) is 12.2. The Morgan fingerprint density at radius 1 is 1.20 bits per heavy atom. The second-order valence-corrected chi connectivity index (χ2v) is 6.31. The maximum Gasteiger partial charge on any atom is 0.252 e. The summed E-state index contributed by atoms with van der Waals surface area (Å²) in [6, 6.07) is 4.46. The highest BCUT2D eigenvalue weighted by Gasteiger charge is 2.35. The molecule has 2 N–H and O–H groups in total. The molecule has 0 aliphatic carbocycles. The molecule has 0 saturated carbocycles. The van der Waals surface area contributed by atoms with Crippen LogP contribution in [0.5, 0.6) is 0 Å². The minimum absolute atomic E-state index is 0.102. The Balaban J connectivity index is 1.75. The van der Waals surface area contributed by atoms with Crippen LogP contribution in [0.4, 0.5) is 5.69 Å². The third kappa shape index (κ3) is 1.74. The van der Waals surface area contributed by atoms with Gasteiger partial charge in [0.05, 0.1) is 6.04 Å². The Hall–Kier alpha value is -1.55. The van der Waals surface area contributed by atoms with E-state index in [2.05, 4.69) is 28.6 Å². The van der Waals surface area contributed by atoms with Crippen LogP contribution in [0.3, 0.4) is 0 Å². The minimum atomic E-state index is 0.102. The van der Waals surface area contributed by atoms with E-state index < -0.39 is 0 Å². The van der Waals surface area contributed by atoms with Crippen molar-refractivity contribution in [3.8, 4) is 0 Å². The van der Waals surface area contributed by atoms with Gasteiger partial charge in [0.15, 0.2) is 0 Å². The lowest BCUT2D eigenvalue weighted by Gasteiger charge is -2.33. The van der Waals surface area contributed by atoms with E-state index in [0.29, 0.717) is 5.92 Å². The van der Waals surface area contributed by atoms with Crippen molar-refractivity contribution >= 4 is 11.6 Å². The average Bonchev–Trinajstić information content (AvgIpc) is 2.79. The first-order valence-electron chi connectivity index (χ1n) is 7.64. The van der Waals surface area contributed by atoms with Gasteiger partial charge in [-0.15, -0.1) is 0 Å². The van der Waals surface area contributed by atoms with Crippen LogP contribution in [-0.4, -0.2) is 37.5 Å². The molecule has 3 heterocycles. The van der Waals surface area contributed by atoms with Gasteiger partial charge in [-0.1, -0.05) is 6.07 Å². The molecule has 1 aromatic rings. The number of hydrogen-bond acceptors (Lipinski definition) is 3.